The molecule has 0 saturated carbocycles. The second kappa shape index (κ2) is 46.7. The first kappa shape index (κ1) is 97.7. The summed E-state index contributed by atoms with van der Waals surface area (Å²) >= 11 is 5.97. The Labute approximate surface area is 751 Å². The predicted octanol–water partition coefficient (Wildman–Crippen LogP) is 15.6. The normalized spacial score (nSPS) is 11.1. The van der Waals surface area contributed by atoms with Crippen molar-refractivity contribution in [2.75, 3.05) is 102 Å². The molecule has 34 heteroatoms. The van der Waals surface area contributed by atoms with Crippen LogP contribution in [0.3, 0.4) is 0 Å². The Kier molecular flexibility index (Phi) is 35.7. The molecule has 0 bridgehead atoms. The van der Waals surface area contributed by atoms with E-state index in [1.165, 1.54) is 110 Å². The van der Waals surface area contributed by atoms with Crippen molar-refractivity contribution < 1.29 is 86.1 Å². The lowest BCUT2D eigenvalue weighted by Gasteiger charge is -2.26. The van der Waals surface area contributed by atoms with Crippen LogP contribution in [0.15, 0.2) is 316 Å². The second-order valence-electron chi connectivity index (χ2n) is 27.5. The maximum atomic E-state index is 13.6. The highest BCUT2D eigenvalue weighted by Crippen LogP contribution is 2.38. The number of nitrogens with one attached hydrogen (secondary N) is 4. The fourth-order valence-electron chi connectivity index (χ4n) is 12.4. The van der Waals surface area contributed by atoms with Crippen molar-refractivity contribution in [2.45, 2.75) is 66.5 Å². The number of benzene rings is 11. The number of carbonyl (C=O) groups is 5. The van der Waals surface area contributed by atoms with Crippen molar-refractivity contribution in [3.8, 4) is 34.5 Å². The zero-order valence-electron chi connectivity index (χ0n) is 71.7. The van der Waals surface area contributed by atoms with E-state index in [0.29, 0.717) is 61.9 Å². The van der Waals surface area contributed by atoms with Gasteiger partial charge in [0.2, 0.25) is 17.7 Å². The number of amides is 4. The molecule has 0 spiro atoms. The molecule has 12 rings (SSSR count). The monoisotopic (exact) mass is 1830 g/mol. The summed E-state index contributed by atoms with van der Waals surface area (Å²) in [6.45, 7) is 5.66. The van der Waals surface area contributed by atoms with Gasteiger partial charge in [0.1, 0.15) is 49.2 Å². The van der Waals surface area contributed by atoms with E-state index >= 15 is 0 Å². The Hall–Kier alpha value is -14.1. The third-order valence-electron chi connectivity index (χ3n) is 19.1. The maximum Gasteiger partial charge on any atom is 0.264 e. The molecule has 11 aromatic carbocycles. The minimum absolute atomic E-state index is 0.0632. The number of ether oxygens (including phenoxy) is 6. The van der Waals surface area contributed by atoms with Gasteiger partial charge in [0, 0.05) is 57.7 Å². The Morgan fingerprint density at radius 2 is 0.844 bits per heavy atom. The quantitative estimate of drug-likeness (QED) is 0.0163. The molecule has 0 aliphatic carbocycles. The summed E-state index contributed by atoms with van der Waals surface area (Å²) in [5.41, 5.74) is 9.37. The van der Waals surface area contributed by atoms with E-state index in [9.17, 15) is 57.6 Å². The largest absolute Gasteiger partial charge is 0.497 e. The Bertz CT molecular complexity index is 6280. The molecule has 0 unspecified atom stereocenters. The fraction of sp³-hybridized carbons (Fsp3) is 0.181. The summed E-state index contributed by atoms with van der Waals surface area (Å²) in [5, 5.41) is 12.5. The molecule has 0 saturated heterocycles. The molecule has 0 atom stereocenters. The molecule has 4 amide bonds. The van der Waals surface area contributed by atoms with Crippen LogP contribution in [0.4, 0.5) is 39.8 Å². The zero-order valence-corrected chi connectivity index (χ0v) is 75.7. The van der Waals surface area contributed by atoms with E-state index in [-0.39, 0.29) is 53.9 Å². The average Bonchev–Trinajstić information content (AvgIpc) is 0.792. The molecule has 0 radical (unpaired) electrons. The van der Waals surface area contributed by atoms with Gasteiger partial charge in [0.15, 0.2) is 17.3 Å². The number of para-hydroxylation sites is 1. The predicted molar refractivity (Wildman–Crippen MR) is 497 cm³/mol. The molecule has 0 aliphatic heterocycles. The van der Waals surface area contributed by atoms with Crippen molar-refractivity contribution in [1.29, 1.82) is 0 Å². The summed E-state index contributed by atoms with van der Waals surface area (Å²) in [6.07, 6.45) is 6.95. The van der Waals surface area contributed by atoms with E-state index in [1.54, 1.807) is 200 Å². The number of hydrogen-bond donors (Lipinski definition) is 4. The van der Waals surface area contributed by atoms with E-state index < -0.39 is 89.9 Å². The van der Waals surface area contributed by atoms with E-state index in [2.05, 4.69) is 31.5 Å². The van der Waals surface area contributed by atoms with Crippen LogP contribution >= 0.6 is 11.6 Å². The molecular weight excluding hydrogens is 1740 g/mol. The lowest BCUT2D eigenvalue weighted by molar-refractivity contribution is -0.119. The van der Waals surface area contributed by atoms with Gasteiger partial charge < -0.3 is 44.4 Å². The summed E-state index contributed by atoms with van der Waals surface area (Å²) in [5.74, 6) is 0.119. The number of hydrogen-bond acceptors (Lipinski definition) is 21. The van der Waals surface area contributed by atoms with Crippen LogP contribution in [0.25, 0.3) is 0 Å². The number of sulfonamides is 4. The van der Waals surface area contributed by atoms with Crippen molar-refractivity contribution in [2.24, 2.45) is 5.10 Å². The lowest BCUT2D eigenvalue weighted by atomic mass is 10.1. The van der Waals surface area contributed by atoms with Gasteiger partial charge in [-0.15, -0.1) is 0 Å². The molecule has 12 aromatic rings. The molecule has 668 valence electrons. The van der Waals surface area contributed by atoms with Gasteiger partial charge in [-0.25, -0.2) is 39.1 Å². The summed E-state index contributed by atoms with van der Waals surface area (Å²) in [7, 11) is -7.44. The Morgan fingerprint density at radius 1 is 0.383 bits per heavy atom. The summed E-state index contributed by atoms with van der Waals surface area (Å²) in [6, 6.07) is 75.5. The summed E-state index contributed by atoms with van der Waals surface area (Å²) < 4.78 is 144. The number of carbonyl (C=O) groups excluding carboxylic acids is 5. The fourth-order valence-corrected chi connectivity index (χ4v) is 18.3. The van der Waals surface area contributed by atoms with Crippen LogP contribution in [0, 0.1) is 0 Å². The number of hydrazone groups is 1. The number of rotatable bonds is 35. The number of pyridine rings is 1. The maximum absolute atomic E-state index is 13.6. The van der Waals surface area contributed by atoms with Crippen LogP contribution < -0.4 is 67.0 Å². The molecular formula is C94H97ClN10O19S4. The van der Waals surface area contributed by atoms with Gasteiger partial charge in [0.05, 0.1) is 91.2 Å². The van der Waals surface area contributed by atoms with Crippen LogP contribution in [0.1, 0.15) is 60.3 Å². The van der Waals surface area contributed by atoms with Crippen molar-refractivity contribution in [1.82, 2.24) is 10.4 Å². The first-order chi connectivity index (χ1) is 61.4. The standard InChI is InChI=1S/C24H26N2O5S.C24H24N2O4S.C23H23ClN2O6S.C23H24N4O4S/c1-4-18-10-8-9-13-21(18)25-24(27)17-26(32(28,29)20-11-6-5-7-12-20)22-15-14-19(30-2)16-23(22)31-3;1-3-19-9-15-22(16-10-19)26(31(29,30)23-7-5-4-6-8-23)17-24(28)25-21-13-11-20(12-14-21)18(2)27;1-30-19-9-7-18(8-10-19)26(15-23(27)25-17-6-4-5-16(24)13-17)33(28,29)20-11-12-21(31-2)22(14-20)32-3;1-3-18-11-12-21(22(14-18)31-2)27(32(29,30)20-9-5-4-6-10-20)17-23(28)26-25-16-19-8-7-13-24-15-19/h5-16H,4,17H2,1-3H3,(H,25,27);4-16H,3,17H2,1-2H3,(H,25,28);4-14H,15H2,1-3H3,(H,25,27);4-16H,3,17H2,1-2H3,(H,26,28)/b;;;25-16+. The van der Waals surface area contributed by atoms with Gasteiger partial charge in [0.25, 0.3) is 46.0 Å². The molecule has 4 N–H and O–H groups in total. The van der Waals surface area contributed by atoms with Crippen molar-refractivity contribution in [3.63, 3.8) is 0 Å². The highest BCUT2D eigenvalue weighted by Gasteiger charge is 2.34. The van der Waals surface area contributed by atoms with Crippen molar-refractivity contribution in [3.05, 3.63) is 324 Å². The third-order valence-corrected chi connectivity index (χ3v) is 26.4. The van der Waals surface area contributed by atoms with Gasteiger partial charge in [-0.1, -0.05) is 136 Å². The molecule has 1 aromatic heterocycles. The van der Waals surface area contributed by atoms with Crippen LogP contribution in [0.5, 0.6) is 34.5 Å². The van der Waals surface area contributed by atoms with E-state index in [1.807, 2.05) is 57.2 Å². The smallest absolute Gasteiger partial charge is 0.264 e. The van der Waals surface area contributed by atoms with Crippen molar-refractivity contribution >= 4 is 127 Å². The zero-order chi connectivity index (χ0) is 92.6. The molecule has 0 aliphatic rings. The van der Waals surface area contributed by atoms with Crippen LogP contribution in [0.2, 0.25) is 5.02 Å². The first-order valence-corrected chi connectivity index (χ1v) is 45.7. The number of Topliss-reactive ketones (excluding diaryl/α,β-unsaturated/α-hetero) is 1. The van der Waals surface area contributed by atoms with E-state index in [0.717, 1.165) is 53.2 Å². The second-order valence-corrected chi connectivity index (χ2v) is 35.4. The number of ketones is 1. The van der Waals surface area contributed by atoms with Crippen LogP contribution in [-0.2, 0) is 78.5 Å². The van der Waals surface area contributed by atoms with Crippen LogP contribution in [-0.4, -0.2) is 143 Å². The number of aryl methyl sites for hydroxylation is 3. The molecule has 0 fully saturated rings. The highest BCUT2D eigenvalue weighted by atomic mass is 35.5. The number of methoxy groups -OCH3 is 6. The number of aromatic nitrogens is 1. The number of nitrogens with zero attached hydrogens (tertiary/aromatic N) is 6. The number of halogens is 1. The van der Waals surface area contributed by atoms with Gasteiger partial charge in [-0.05, 0) is 207 Å². The third kappa shape index (κ3) is 26.5. The molecule has 1 heterocycles. The summed E-state index contributed by atoms with van der Waals surface area (Å²) in [4.78, 5) is 66.7. The topological polar surface area (TPSA) is 364 Å². The Morgan fingerprint density at radius 3 is 1.34 bits per heavy atom. The molecule has 128 heavy (non-hydrogen) atoms. The SMILES string of the molecule is CCc1ccc(N(CC(=O)N/N=C/c2cccnc2)S(=O)(=O)c2ccccc2)c(OC)c1.CCc1ccc(N(CC(=O)Nc2ccc(C(C)=O)cc2)S(=O)(=O)c2ccccc2)cc1.CCc1ccccc1NC(=O)CN(c1ccc(OC)cc1OC)S(=O)(=O)c1ccccc1.COc1ccc(N(CC(=O)Nc2cccc(Cl)c2)S(=O)(=O)c2ccc(OC)c(OC)c2)cc1. The minimum atomic E-state index is -4.16. The Balaban J connectivity index is 0.000000193. The van der Waals surface area contributed by atoms with Gasteiger partial charge >= 0.3 is 0 Å². The first-order valence-electron chi connectivity index (χ1n) is 39.6. The van der Waals surface area contributed by atoms with Gasteiger partial charge in [-0.2, -0.15) is 5.10 Å². The highest BCUT2D eigenvalue weighted by molar-refractivity contribution is 7.93. The van der Waals surface area contributed by atoms with Gasteiger partial charge in [-0.3, -0.25) is 46.2 Å². The molecule has 29 nitrogen and oxygen atoms in total. The van der Waals surface area contributed by atoms with E-state index in [4.69, 9.17) is 40.0 Å². The minimum Gasteiger partial charge on any atom is -0.497 e. The number of anilines is 7. The average molecular weight is 1830 g/mol. The lowest BCUT2D eigenvalue weighted by Crippen LogP contribution is -2.39.